The summed E-state index contributed by atoms with van der Waals surface area (Å²) in [7, 11) is 5.78. The van der Waals surface area contributed by atoms with Crippen molar-refractivity contribution >= 4 is 11.7 Å². The van der Waals surface area contributed by atoms with Gasteiger partial charge in [-0.3, -0.25) is 4.79 Å². The summed E-state index contributed by atoms with van der Waals surface area (Å²) < 4.78 is 5.46. The number of methoxy groups -OCH3 is 1. The Morgan fingerprint density at radius 1 is 1.10 bits per heavy atom. The molecule has 1 amide bonds. The molecule has 2 fully saturated rings. The van der Waals surface area contributed by atoms with Crippen LogP contribution in [0.2, 0.25) is 0 Å². The molecule has 0 radical (unpaired) electrons. The van der Waals surface area contributed by atoms with Crippen molar-refractivity contribution in [2.75, 3.05) is 26.1 Å². The van der Waals surface area contributed by atoms with Crippen molar-refractivity contribution in [3.63, 3.8) is 0 Å². The first-order chi connectivity index (χ1) is 15.0. The second-order valence-electron chi connectivity index (χ2n) is 9.13. The molecule has 2 aromatic rings. The molecule has 2 saturated carbocycles. The molecule has 1 N–H and O–H groups in total. The quantitative estimate of drug-likeness (QED) is 0.696. The zero-order valence-corrected chi connectivity index (χ0v) is 18.9. The molecule has 6 heteroatoms. The lowest BCUT2D eigenvalue weighted by molar-refractivity contribution is -0.127. The number of anilines is 1. The summed E-state index contributed by atoms with van der Waals surface area (Å²) in [6.45, 7) is 0. The molecule has 2 aliphatic rings. The van der Waals surface area contributed by atoms with E-state index in [1.165, 1.54) is 12.8 Å². The molecule has 1 aromatic carbocycles. The minimum absolute atomic E-state index is 0.0578. The van der Waals surface area contributed by atoms with E-state index in [9.17, 15) is 4.79 Å². The molecule has 166 valence electrons. The Labute approximate surface area is 185 Å². The van der Waals surface area contributed by atoms with Gasteiger partial charge in [-0.2, -0.15) is 0 Å². The van der Waals surface area contributed by atoms with Gasteiger partial charge in [0, 0.05) is 51.2 Å². The van der Waals surface area contributed by atoms with E-state index in [2.05, 4.69) is 23.5 Å². The average molecular weight is 423 g/mol. The molecular formula is C25H34N4O2. The second-order valence-corrected chi connectivity index (χ2v) is 9.13. The summed E-state index contributed by atoms with van der Waals surface area (Å²) in [5, 5.41) is 3.34. The van der Waals surface area contributed by atoms with Gasteiger partial charge in [0.05, 0.1) is 12.1 Å². The van der Waals surface area contributed by atoms with Crippen LogP contribution in [0.25, 0.3) is 0 Å². The van der Waals surface area contributed by atoms with E-state index in [4.69, 9.17) is 14.7 Å². The van der Waals surface area contributed by atoms with E-state index in [0.717, 1.165) is 48.6 Å². The van der Waals surface area contributed by atoms with Crippen molar-refractivity contribution in [2.45, 2.75) is 63.0 Å². The van der Waals surface area contributed by atoms with Crippen molar-refractivity contribution in [3.8, 4) is 0 Å². The Balaban J connectivity index is 1.53. The lowest BCUT2D eigenvalue weighted by Gasteiger charge is -2.29. The largest absolute Gasteiger partial charge is 0.381 e. The zero-order chi connectivity index (χ0) is 21.8. The molecule has 1 heterocycles. The zero-order valence-electron chi connectivity index (χ0n) is 18.9. The number of ether oxygens (including phenoxy) is 1. The minimum atomic E-state index is -0.106. The van der Waals surface area contributed by atoms with E-state index in [-0.39, 0.29) is 17.9 Å². The lowest BCUT2D eigenvalue weighted by Crippen LogP contribution is -2.37. The van der Waals surface area contributed by atoms with Gasteiger partial charge in [-0.15, -0.1) is 0 Å². The number of benzene rings is 1. The van der Waals surface area contributed by atoms with Gasteiger partial charge in [0.2, 0.25) is 5.91 Å². The van der Waals surface area contributed by atoms with Crippen LogP contribution in [0.15, 0.2) is 36.4 Å². The fourth-order valence-corrected chi connectivity index (χ4v) is 4.36. The average Bonchev–Trinajstić information content (AvgIpc) is 3.64. The second kappa shape index (κ2) is 9.77. The van der Waals surface area contributed by atoms with Crippen molar-refractivity contribution in [2.24, 2.45) is 5.92 Å². The van der Waals surface area contributed by atoms with Gasteiger partial charge in [-0.25, -0.2) is 9.97 Å². The highest BCUT2D eigenvalue weighted by Gasteiger charge is 2.30. The van der Waals surface area contributed by atoms with Gasteiger partial charge in [0.15, 0.2) is 0 Å². The van der Waals surface area contributed by atoms with Crippen LogP contribution in [0, 0.1) is 5.92 Å². The number of nitrogens with zero attached hydrogens (tertiary/aromatic N) is 3. The Bertz CT molecular complexity index is 854. The third-order valence-corrected chi connectivity index (χ3v) is 6.49. The number of carbonyl (C=O) groups excluding carboxylic acids is 1. The smallest absolute Gasteiger partial charge is 0.223 e. The molecule has 1 atom stereocenters. The van der Waals surface area contributed by atoms with Gasteiger partial charge in [0.1, 0.15) is 11.6 Å². The van der Waals surface area contributed by atoms with Crippen LogP contribution in [-0.4, -0.2) is 43.2 Å². The molecule has 0 saturated heterocycles. The van der Waals surface area contributed by atoms with E-state index >= 15 is 0 Å². The molecular weight excluding hydrogens is 388 g/mol. The van der Waals surface area contributed by atoms with Crippen molar-refractivity contribution in [1.29, 1.82) is 0 Å². The normalized spacial score (nSPS) is 22.0. The number of aromatic nitrogens is 2. The van der Waals surface area contributed by atoms with Gasteiger partial charge in [-0.1, -0.05) is 30.3 Å². The fraction of sp³-hybridized carbons (Fsp3) is 0.560. The van der Waals surface area contributed by atoms with E-state index in [0.29, 0.717) is 18.4 Å². The van der Waals surface area contributed by atoms with Crippen LogP contribution in [0.4, 0.5) is 5.82 Å². The first-order valence-corrected chi connectivity index (χ1v) is 11.5. The summed E-state index contributed by atoms with van der Waals surface area (Å²) in [6.07, 6.45) is 6.96. The van der Waals surface area contributed by atoms with Crippen LogP contribution >= 0.6 is 0 Å². The number of carbonyl (C=O) groups is 1. The summed E-state index contributed by atoms with van der Waals surface area (Å²) >= 11 is 0. The monoisotopic (exact) mass is 422 g/mol. The van der Waals surface area contributed by atoms with Crippen LogP contribution in [-0.2, 0) is 16.0 Å². The predicted octanol–water partition coefficient (Wildman–Crippen LogP) is 4.03. The molecule has 0 unspecified atom stereocenters. The highest BCUT2D eigenvalue weighted by Crippen LogP contribution is 2.39. The Morgan fingerprint density at radius 3 is 2.42 bits per heavy atom. The molecule has 0 aliphatic heterocycles. The number of rotatable bonds is 8. The summed E-state index contributed by atoms with van der Waals surface area (Å²) in [4.78, 5) is 24.8. The molecule has 1 aromatic heterocycles. The first kappa shape index (κ1) is 21.8. The van der Waals surface area contributed by atoms with Gasteiger partial charge in [-0.05, 0) is 44.1 Å². The molecule has 0 bridgehead atoms. The first-order valence-electron chi connectivity index (χ1n) is 11.5. The maximum Gasteiger partial charge on any atom is 0.223 e. The number of hydrogen-bond acceptors (Lipinski definition) is 5. The van der Waals surface area contributed by atoms with E-state index in [1.54, 1.807) is 7.11 Å². The van der Waals surface area contributed by atoms with Crippen molar-refractivity contribution < 1.29 is 9.53 Å². The number of amides is 1. The Morgan fingerprint density at radius 2 is 1.81 bits per heavy atom. The SMILES string of the molecule is COC1CCC(C(=O)N[C@@H](Cc2cc(N(C)C)nc(C3CC3)n2)c2ccccc2)CC1. The Kier molecular flexibility index (Phi) is 6.86. The van der Waals surface area contributed by atoms with Crippen LogP contribution in [0.5, 0.6) is 0 Å². The van der Waals surface area contributed by atoms with Gasteiger partial charge < -0.3 is 15.0 Å². The highest BCUT2D eigenvalue weighted by atomic mass is 16.5. The van der Waals surface area contributed by atoms with E-state index in [1.807, 2.05) is 37.2 Å². The third-order valence-electron chi connectivity index (χ3n) is 6.49. The molecule has 31 heavy (non-hydrogen) atoms. The van der Waals surface area contributed by atoms with Gasteiger partial charge in [0.25, 0.3) is 0 Å². The maximum absolute atomic E-state index is 13.1. The Hall–Kier alpha value is -2.47. The van der Waals surface area contributed by atoms with Gasteiger partial charge >= 0.3 is 0 Å². The van der Waals surface area contributed by atoms with Crippen molar-refractivity contribution in [3.05, 3.63) is 53.5 Å². The summed E-state index contributed by atoms with van der Waals surface area (Å²) in [5.74, 6) is 2.56. The maximum atomic E-state index is 13.1. The topological polar surface area (TPSA) is 67.3 Å². The molecule has 6 nitrogen and oxygen atoms in total. The van der Waals surface area contributed by atoms with E-state index < -0.39 is 0 Å². The lowest BCUT2D eigenvalue weighted by atomic mass is 9.86. The number of nitrogens with one attached hydrogen (secondary N) is 1. The van der Waals surface area contributed by atoms with Crippen molar-refractivity contribution in [1.82, 2.24) is 15.3 Å². The minimum Gasteiger partial charge on any atom is -0.381 e. The van der Waals surface area contributed by atoms with Crippen LogP contribution in [0.1, 0.15) is 67.6 Å². The number of hydrogen-bond donors (Lipinski definition) is 1. The third kappa shape index (κ3) is 5.62. The standard InChI is InChI=1S/C25H34N4O2/c1-29(2)23-16-20(26-24(28-23)18-9-10-18)15-22(17-7-5-4-6-8-17)27-25(30)19-11-13-21(31-3)14-12-19/h4-8,16,18-19,21-22H,9-15H2,1-3H3,(H,27,30)/t19?,21?,22-/m0/s1. The molecule has 0 spiro atoms. The van der Waals surface area contributed by atoms with Crippen LogP contribution < -0.4 is 10.2 Å². The van der Waals surface area contributed by atoms with Crippen LogP contribution in [0.3, 0.4) is 0 Å². The fourth-order valence-electron chi connectivity index (χ4n) is 4.36. The molecule has 2 aliphatic carbocycles. The predicted molar refractivity (Wildman–Crippen MR) is 122 cm³/mol. The summed E-state index contributed by atoms with van der Waals surface area (Å²) in [5.41, 5.74) is 2.09. The summed E-state index contributed by atoms with van der Waals surface area (Å²) in [6, 6.07) is 12.2. The molecule has 4 rings (SSSR count). The highest BCUT2D eigenvalue weighted by molar-refractivity contribution is 5.79.